The van der Waals surface area contributed by atoms with Crippen LogP contribution in [0.1, 0.15) is 45.5 Å². The zero-order chi connectivity index (χ0) is 27.2. The van der Waals surface area contributed by atoms with E-state index in [4.69, 9.17) is 0 Å². The summed E-state index contributed by atoms with van der Waals surface area (Å²) >= 11 is 0. The largest absolute Gasteiger partial charge is 0.339 e. The normalized spacial score (nSPS) is 17.1. The number of carbonyl (C=O) groups excluding carboxylic acids is 2. The number of hydrogen-bond donors (Lipinski definition) is 1. The number of para-hydroxylation sites is 1. The minimum absolute atomic E-state index is 0.0484. The maximum Gasteiger partial charge on any atom is 0.255 e. The number of likely N-dealkylation sites (tertiary alicyclic amines) is 1. The highest BCUT2D eigenvalue weighted by molar-refractivity contribution is 7.89. The SMILES string of the molecule is O=C(Nc1ccccc1C(=O)N1CCCCC1)c1cccc(CN2CCN(S(=O)(=O)c3ccccc3)CC2)c1. The Morgan fingerprint density at radius 3 is 2.18 bits per heavy atom. The van der Waals surface area contributed by atoms with Gasteiger partial charge in [-0.2, -0.15) is 4.31 Å². The number of carbonyl (C=O) groups is 2. The van der Waals surface area contributed by atoms with E-state index in [-0.39, 0.29) is 11.8 Å². The van der Waals surface area contributed by atoms with E-state index in [1.165, 1.54) is 4.31 Å². The summed E-state index contributed by atoms with van der Waals surface area (Å²) in [5, 5.41) is 2.94. The van der Waals surface area contributed by atoms with Gasteiger partial charge in [0, 0.05) is 51.4 Å². The summed E-state index contributed by atoms with van der Waals surface area (Å²) in [5.41, 5.74) is 2.50. The van der Waals surface area contributed by atoms with Gasteiger partial charge in [0.2, 0.25) is 10.0 Å². The van der Waals surface area contributed by atoms with Crippen LogP contribution in [0.4, 0.5) is 5.69 Å². The van der Waals surface area contributed by atoms with E-state index in [0.29, 0.717) is 54.4 Å². The highest BCUT2D eigenvalue weighted by Gasteiger charge is 2.28. The monoisotopic (exact) mass is 546 g/mol. The Balaban J connectivity index is 1.21. The molecule has 2 aliphatic rings. The van der Waals surface area contributed by atoms with Gasteiger partial charge in [0.25, 0.3) is 11.8 Å². The van der Waals surface area contributed by atoms with E-state index in [1.54, 1.807) is 48.5 Å². The lowest BCUT2D eigenvalue weighted by atomic mass is 10.1. The molecule has 2 saturated heterocycles. The molecule has 8 nitrogen and oxygen atoms in total. The van der Waals surface area contributed by atoms with Crippen LogP contribution in [0.5, 0.6) is 0 Å². The number of benzene rings is 3. The molecule has 2 fully saturated rings. The van der Waals surface area contributed by atoms with Gasteiger partial charge in [0.15, 0.2) is 0 Å². The number of nitrogens with zero attached hydrogens (tertiary/aromatic N) is 3. The van der Waals surface area contributed by atoms with Gasteiger partial charge < -0.3 is 10.2 Å². The quantitative estimate of drug-likeness (QED) is 0.483. The summed E-state index contributed by atoms with van der Waals surface area (Å²) in [7, 11) is -3.50. The van der Waals surface area contributed by atoms with Gasteiger partial charge in [-0.1, -0.05) is 42.5 Å². The zero-order valence-corrected chi connectivity index (χ0v) is 22.8. The number of piperazine rings is 1. The second-order valence-electron chi connectivity index (χ2n) is 10.0. The summed E-state index contributed by atoms with van der Waals surface area (Å²) in [5.74, 6) is -0.317. The van der Waals surface area contributed by atoms with E-state index in [9.17, 15) is 18.0 Å². The number of nitrogens with one attached hydrogen (secondary N) is 1. The Bertz CT molecular complexity index is 1410. The topological polar surface area (TPSA) is 90.0 Å². The Hall–Kier alpha value is -3.53. The van der Waals surface area contributed by atoms with Crippen LogP contribution in [0, 0.1) is 0 Å². The van der Waals surface area contributed by atoms with Crippen LogP contribution in [0.3, 0.4) is 0 Å². The van der Waals surface area contributed by atoms with Gasteiger partial charge in [-0.15, -0.1) is 0 Å². The van der Waals surface area contributed by atoms with Gasteiger partial charge >= 0.3 is 0 Å². The molecule has 204 valence electrons. The molecule has 0 spiro atoms. The number of amides is 2. The third-order valence-corrected chi connectivity index (χ3v) is 9.27. The molecule has 3 aromatic carbocycles. The first kappa shape index (κ1) is 27.1. The van der Waals surface area contributed by atoms with E-state index < -0.39 is 10.0 Å². The number of rotatable bonds is 7. The predicted molar refractivity (Wildman–Crippen MR) is 151 cm³/mol. The molecule has 1 N–H and O–H groups in total. The van der Waals surface area contributed by atoms with Crippen molar-refractivity contribution >= 4 is 27.5 Å². The van der Waals surface area contributed by atoms with Crippen molar-refractivity contribution in [2.45, 2.75) is 30.7 Å². The second-order valence-corrected chi connectivity index (χ2v) is 12.0. The van der Waals surface area contributed by atoms with Crippen LogP contribution in [0.15, 0.2) is 83.8 Å². The maximum atomic E-state index is 13.2. The first-order chi connectivity index (χ1) is 18.9. The van der Waals surface area contributed by atoms with E-state index in [2.05, 4.69) is 10.2 Å². The molecule has 5 rings (SSSR count). The fourth-order valence-electron chi connectivity index (χ4n) is 5.18. The molecule has 3 aromatic rings. The Morgan fingerprint density at radius 1 is 0.744 bits per heavy atom. The average molecular weight is 547 g/mol. The molecule has 39 heavy (non-hydrogen) atoms. The lowest BCUT2D eigenvalue weighted by Gasteiger charge is -2.34. The molecule has 0 unspecified atom stereocenters. The fourth-order valence-corrected chi connectivity index (χ4v) is 6.62. The minimum atomic E-state index is -3.50. The van der Waals surface area contributed by atoms with Crippen molar-refractivity contribution in [2.24, 2.45) is 0 Å². The highest BCUT2D eigenvalue weighted by Crippen LogP contribution is 2.22. The Kier molecular flexibility index (Phi) is 8.40. The highest BCUT2D eigenvalue weighted by atomic mass is 32.2. The number of piperidine rings is 1. The Morgan fingerprint density at radius 2 is 1.44 bits per heavy atom. The van der Waals surface area contributed by atoms with E-state index in [1.807, 2.05) is 35.2 Å². The molecule has 2 aliphatic heterocycles. The molecule has 0 aliphatic carbocycles. The summed E-state index contributed by atoms with van der Waals surface area (Å²) in [4.78, 5) is 30.7. The number of sulfonamides is 1. The molecule has 2 heterocycles. The Labute approximate surface area is 230 Å². The van der Waals surface area contributed by atoms with Crippen molar-refractivity contribution in [1.29, 1.82) is 0 Å². The standard InChI is InChI=1S/C30H34N4O4S/c35-29(31-28-15-6-5-14-27(28)30(36)33-16-7-2-8-17-33)25-11-9-10-24(22-25)23-32-18-20-34(21-19-32)39(37,38)26-12-3-1-4-13-26/h1,3-6,9-15,22H,2,7-8,16-21,23H2,(H,31,35). The molecule has 0 saturated carbocycles. The average Bonchev–Trinajstić information content (AvgIpc) is 2.98. The fraction of sp³-hybridized carbons (Fsp3) is 0.333. The van der Waals surface area contributed by atoms with Gasteiger partial charge in [-0.3, -0.25) is 14.5 Å². The maximum absolute atomic E-state index is 13.2. The van der Waals surface area contributed by atoms with Crippen molar-refractivity contribution in [3.05, 3.63) is 95.6 Å². The van der Waals surface area contributed by atoms with Gasteiger partial charge in [-0.05, 0) is 61.2 Å². The molecule has 2 amide bonds. The lowest BCUT2D eigenvalue weighted by molar-refractivity contribution is 0.0725. The third-order valence-electron chi connectivity index (χ3n) is 7.36. The second kappa shape index (κ2) is 12.1. The molecular weight excluding hydrogens is 512 g/mol. The van der Waals surface area contributed by atoms with E-state index >= 15 is 0 Å². The molecular formula is C30H34N4O4S. The molecule has 9 heteroatoms. The summed E-state index contributed by atoms with van der Waals surface area (Å²) < 4.78 is 27.4. The molecule has 0 atom stereocenters. The van der Waals surface area contributed by atoms with Gasteiger partial charge in [0.1, 0.15) is 0 Å². The van der Waals surface area contributed by atoms with Gasteiger partial charge in [-0.25, -0.2) is 8.42 Å². The van der Waals surface area contributed by atoms with Crippen LogP contribution >= 0.6 is 0 Å². The van der Waals surface area contributed by atoms with Crippen LogP contribution in [-0.4, -0.2) is 73.6 Å². The molecule has 0 bridgehead atoms. The van der Waals surface area contributed by atoms with Crippen LogP contribution < -0.4 is 5.32 Å². The van der Waals surface area contributed by atoms with Crippen molar-refractivity contribution in [3.8, 4) is 0 Å². The molecule has 0 radical (unpaired) electrons. The third kappa shape index (κ3) is 6.38. The van der Waals surface area contributed by atoms with Crippen molar-refractivity contribution in [1.82, 2.24) is 14.1 Å². The first-order valence-corrected chi connectivity index (χ1v) is 14.9. The summed E-state index contributed by atoms with van der Waals surface area (Å²) in [6, 6.07) is 23.1. The minimum Gasteiger partial charge on any atom is -0.339 e. The number of hydrogen-bond acceptors (Lipinski definition) is 5. The van der Waals surface area contributed by atoms with E-state index in [0.717, 1.165) is 37.9 Å². The van der Waals surface area contributed by atoms with Crippen LogP contribution in [0.25, 0.3) is 0 Å². The first-order valence-electron chi connectivity index (χ1n) is 13.5. The van der Waals surface area contributed by atoms with Crippen molar-refractivity contribution < 1.29 is 18.0 Å². The summed E-state index contributed by atoms with van der Waals surface area (Å²) in [6.07, 6.45) is 3.15. The van der Waals surface area contributed by atoms with Crippen LogP contribution in [-0.2, 0) is 16.6 Å². The number of anilines is 1. The van der Waals surface area contributed by atoms with Crippen LogP contribution in [0.2, 0.25) is 0 Å². The van der Waals surface area contributed by atoms with Gasteiger partial charge in [0.05, 0.1) is 16.1 Å². The summed E-state index contributed by atoms with van der Waals surface area (Å²) in [6.45, 7) is 4.15. The van der Waals surface area contributed by atoms with Crippen molar-refractivity contribution in [2.75, 3.05) is 44.6 Å². The zero-order valence-electron chi connectivity index (χ0n) is 22.0. The lowest BCUT2D eigenvalue weighted by Crippen LogP contribution is -2.48. The smallest absolute Gasteiger partial charge is 0.255 e. The molecule has 0 aromatic heterocycles. The van der Waals surface area contributed by atoms with Crippen molar-refractivity contribution in [3.63, 3.8) is 0 Å². The predicted octanol–water partition coefficient (Wildman–Crippen LogP) is 4.07.